The molecule has 1 heterocycles. The first kappa shape index (κ1) is 12.4. The van der Waals surface area contributed by atoms with Crippen molar-refractivity contribution in [2.45, 2.75) is 25.3 Å². The van der Waals surface area contributed by atoms with Gasteiger partial charge in [-0.15, -0.1) is 5.17 Å². The van der Waals surface area contributed by atoms with E-state index in [0.717, 1.165) is 5.17 Å². The summed E-state index contributed by atoms with van der Waals surface area (Å²) in [5.41, 5.74) is 4.36. The number of amides is 1. The predicted molar refractivity (Wildman–Crippen MR) is 53.9 cm³/mol. The number of primary amides is 1. The van der Waals surface area contributed by atoms with E-state index in [2.05, 4.69) is 0 Å². The highest BCUT2D eigenvalue weighted by molar-refractivity contribution is 5.84. The van der Waals surface area contributed by atoms with Gasteiger partial charge < -0.3 is 10.5 Å². The zero-order valence-electron chi connectivity index (χ0n) is 9.27. The Kier molecular flexibility index (Phi) is 4.04. The summed E-state index contributed by atoms with van der Waals surface area (Å²) < 4.78 is 5.17. The minimum Gasteiger partial charge on any atom is -0.381 e. The monoisotopic (exact) mass is 217 g/mol. The number of hydrogen-bond donors (Lipinski definition) is 2. The Hall–Kier alpha value is -0.690. The highest BCUT2D eigenvalue weighted by atomic mass is 16.6. The maximum absolute atomic E-state index is 11.5. The molecule has 1 aliphatic rings. The van der Waals surface area contributed by atoms with Gasteiger partial charge in [-0.2, -0.15) is 0 Å². The summed E-state index contributed by atoms with van der Waals surface area (Å²) in [5.74, 6) is -0.506. The number of nitrogens with zero attached hydrogens (tertiary/aromatic N) is 2. The molecule has 0 aromatic heterocycles. The summed E-state index contributed by atoms with van der Waals surface area (Å²) in [5, 5.41) is 12.5. The average Bonchev–Trinajstić information content (AvgIpc) is 2.27. The van der Waals surface area contributed by atoms with E-state index in [4.69, 9.17) is 10.5 Å². The first-order chi connectivity index (χ1) is 7.04. The predicted octanol–water partition coefficient (Wildman–Crippen LogP) is -0.421. The van der Waals surface area contributed by atoms with E-state index < -0.39 is 11.4 Å². The van der Waals surface area contributed by atoms with Crippen LogP contribution in [0.3, 0.4) is 0 Å². The average molecular weight is 217 g/mol. The van der Waals surface area contributed by atoms with Gasteiger partial charge in [-0.1, -0.05) is 6.92 Å². The molecule has 0 bridgehead atoms. The van der Waals surface area contributed by atoms with E-state index in [0.29, 0.717) is 32.6 Å². The molecule has 0 saturated carbocycles. The lowest BCUT2D eigenvalue weighted by atomic mass is 9.89. The minimum atomic E-state index is -1.01. The van der Waals surface area contributed by atoms with Gasteiger partial charge in [0, 0.05) is 39.6 Å². The highest BCUT2D eigenvalue weighted by Gasteiger charge is 2.45. The maximum Gasteiger partial charge on any atom is 0.242 e. The fraction of sp³-hybridized carbons (Fsp3) is 0.889. The number of carbonyl (C=O) groups excluding carboxylic acids is 1. The van der Waals surface area contributed by atoms with E-state index in [1.807, 2.05) is 6.92 Å². The Morgan fingerprint density at radius 2 is 2.07 bits per heavy atom. The molecule has 0 atom stereocenters. The molecule has 1 rings (SSSR count). The first-order valence-corrected chi connectivity index (χ1v) is 5.12. The Balaban J connectivity index is 2.84. The molecule has 0 radical (unpaired) electrons. The van der Waals surface area contributed by atoms with Gasteiger partial charge in [0.05, 0.1) is 0 Å². The zero-order chi connectivity index (χ0) is 11.5. The van der Waals surface area contributed by atoms with Crippen molar-refractivity contribution in [2.75, 3.05) is 26.8 Å². The Bertz CT molecular complexity index is 229. The molecular weight excluding hydrogens is 198 g/mol. The van der Waals surface area contributed by atoms with Crippen molar-refractivity contribution in [1.82, 2.24) is 10.2 Å². The molecule has 3 N–H and O–H groups in total. The third-order valence-electron chi connectivity index (χ3n) is 2.94. The topological polar surface area (TPSA) is 79.0 Å². The maximum atomic E-state index is 11.5. The quantitative estimate of drug-likeness (QED) is 0.625. The molecule has 1 saturated heterocycles. The van der Waals surface area contributed by atoms with E-state index in [9.17, 15) is 10.0 Å². The van der Waals surface area contributed by atoms with Crippen LogP contribution < -0.4 is 5.73 Å². The van der Waals surface area contributed by atoms with Crippen molar-refractivity contribution >= 4 is 5.91 Å². The van der Waals surface area contributed by atoms with Gasteiger partial charge in [0.15, 0.2) is 0 Å². The summed E-state index contributed by atoms with van der Waals surface area (Å²) in [7, 11) is 1.71. The molecule has 6 nitrogen and oxygen atoms in total. The molecule has 0 aromatic carbocycles. The van der Waals surface area contributed by atoms with Crippen LogP contribution in [-0.2, 0) is 9.53 Å². The molecule has 0 aliphatic carbocycles. The van der Waals surface area contributed by atoms with Crippen molar-refractivity contribution in [2.24, 2.45) is 5.73 Å². The van der Waals surface area contributed by atoms with Crippen LogP contribution in [0.25, 0.3) is 0 Å². The van der Waals surface area contributed by atoms with E-state index >= 15 is 0 Å². The fourth-order valence-corrected chi connectivity index (χ4v) is 1.71. The van der Waals surface area contributed by atoms with Gasteiger partial charge in [0.1, 0.15) is 5.54 Å². The molecule has 1 aliphatic heterocycles. The van der Waals surface area contributed by atoms with Crippen LogP contribution in [0, 0.1) is 0 Å². The summed E-state index contributed by atoms with van der Waals surface area (Å²) in [6.07, 6.45) is 0.840. The smallest absolute Gasteiger partial charge is 0.242 e. The van der Waals surface area contributed by atoms with Crippen LogP contribution in [0.15, 0.2) is 0 Å². The summed E-state index contributed by atoms with van der Waals surface area (Å²) >= 11 is 0. The van der Waals surface area contributed by atoms with Crippen molar-refractivity contribution in [3.05, 3.63) is 0 Å². The second-order valence-corrected chi connectivity index (χ2v) is 3.77. The van der Waals surface area contributed by atoms with Crippen molar-refractivity contribution in [3.63, 3.8) is 0 Å². The summed E-state index contributed by atoms with van der Waals surface area (Å²) in [6.45, 7) is 3.37. The second-order valence-electron chi connectivity index (χ2n) is 3.77. The van der Waals surface area contributed by atoms with Crippen LogP contribution in [0.4, 0.5) is 0 Å². The molecular formula is C9H19N3O3. The minimum absolute atomic E-state index is 0.420. The standard InChI is InChI=1S/C9H19N3O3/c1-3-11(2)12(14)9(8(10)13)4-6-15-7-5-9/h14H,3-7H2,1-2H3,(H2,10,13). The van der Waals surface area contributed by atoms with E-state index in [1.54, 1.807) is 12.1 Å². The molecule has 1 amide bonds. The number of rotatable bonds is 4. The van der Waals surface area contributed by atoms with Crippen LogP contribution in [0.5, 0.6) is 0 Å². The van der Waals surface area contributed by atoms with E-state index in [1.165, 1.54) is 0 Å². The largest absolute Gasteiger partial charge is 0.381 e. The van der Waals surface area contributed by atoms with Crippen molar-refractivity contribution in [1.29, 1.82) is 0 Å². The second kappa shape index (κ2) is 4.89. The number of hydrazine groups is 1. The molecule has 88 valence electrons. The lowest BCUT2D eigenvalue weighted by molar-refractivity contribution is -0.298. The number of ether oxygens (including phenoxy) is 1. The lowest BCUT2D eigenvalue weighted by Gasteiger charge is -2.43. The first-order valence-electron chi connectivity index (χ1n) is 5.12. The SMILES string of the molecule is CCN(C)N(O)C1(C(N)=O)CCOCC1. The van der Waals surface area contributed by atoms with Gasteiger partial charge in [-0.25, -0.2) is 5.01 Å². The number of carbonyl (C=O) groups is 1. The van der Waals surface area contributed by atoms with Gasteiger partial charge in [-0.05, 0) is 0 Å². The Labute approximate surface area is 89.5 Å². The third kappa shape index (κ3) is 2.28. The van der Waals surface area contributed by atoms with Crippen molar-refractivity contribution < 1.29 is 14.7 Å². The molecule has 15 heavy (non-hydrogen) atoms. The molecule has 0 aromatic rings. The Morgan fingerprint density at radius 1 is 1.53 bits per heavy atom. The third-order valence-corrected chi connectivity index (χ3v) is 2.94. The van der Waals surface area contributed by atoms with Gasteiger partial charge in [0.2, 0.25) is 5.91 Å². The van der Waals surface area contributed by atoms with Crippen LogP contribution in [-0.4, -0.2) is 53.6 Å². The summed E-state index contributed by atoms with van der Waals surface area (Å²) in [4.78, 5) is 11.5. The van der Waals surface area contributed by atoms with Gasteiger partial charge in [0.25, 0.3) is 0 Å². The van der Waals surface area contributed by atoms with Gasteiger partial charge in [-0.3, -0.25) is 10.0 Å². The number of hydroxylamine groups is 1. The molecule has 0 spiro atoms. The number of nitrogens with two attached hydrogens (primary N) is 1. The molecule has 1 fully saturated rings. The highest BCUT2D eigenvalue weighted by Crippen LogP contribution is 2.27. The summed E-state index contributed by atoms with van der Waals surface area (Å²) in [6, 6.07) is 0. The van der Waals surface area contributed by atoms with Crippen LogP contribution in [0.2, 0.25) is 0 Å². The fourth-order valence-electron chi connectivity index (χ4n) is 1.71. The lowest BCUT2D eigenvalue weighted by Crippen LogP contribution is -2.63. The van der Waals surface area contributed by atoms with E-state index in [-0.39, 0.29) is 0 Å². The Morgan fingerprint density at radius 3 is 2.47 bits per heavy atom. The molecule has 6 heteroatoms. The van der Waals surface area contributed by atoms with Crippen molar-refractivity contribution in [3.8, 4) is 0 Å². The van der Waals surface area contributed by atoms with Crippen LogP contribution in [0.1, 0.15) is 19.8 Å². The number of hydrogen-bond acceptors (Lipinski definition) is 5. The molecule has 0 unspecified atom stereocenters. The van der Waals surface area contributed by atoms with Gasteiger partial charge >= 0.3 is 0 Å². The van der Waals surface area contributed by atoms with Crippen LogP contribution >= 0.6 is 0 Å². The zero-order valence-corrected chi connectivity index (χ0v) is 9.27. The normalized spacial score (nSPS) is 20.9.